The van der Waals surface area contributed by atoms with Gasteiger partial charge in [-0.05, 0) is 0 Å². The SMILES string of the molecule is O=Cc1ccc([C@@]2(O)O[C@H](CO)[C@@H](O)[C@@H](O)[C@H]2O)cc1. The second kappa shape index (κ2) is 5.57. The van der Waals surface area contributed by atoms with Crippen molar-refractivity contribution in [1.82, 2.24) is 0 Å². The third-order valence-corrected chi connectivity index (χ3v) is 3.43. The molecule has 0 aliphatic carbocycles. The molecule has 0 spiro atoms. The van der Waals surface area contributed by atoms with Crippen LogP contribution in [0.25, 0.3) is 0 Å². The number of carbonyl (C=O) groups excluding carboxylic acids is 1. The molecule has 1 aliphatic heterocycles. The molecule has 20 heavy (non-hydrogen) atoms. The lowest BCUT2D eigenvalue weighted by atomic mass is 9.88. The summed E-state index contributed by atoms with van der Waals surface area (Å²) in [5.41, 5.74) is 0.460. The number of hydrogen-bond donors (Lipinski definition) is 5. The van der Waals surface area contributed by atoms with Gasteiger partial charge in [0, 0.05) is 11.1 Å². The van der Waals surface area contributed by atoms with E-state index in [1.165, 1.54) is 24.3 Å². The number of ether oxygens (including phenoxy) is 1. The number of aliphatic hydroxyl groups is 5. The first-order valence-electron chi connectivity index (χ1n) is 6.05. The average molecular weight is 284 g/mol. The fourth-order valence-corrected chi connectivity index (χ4v) is 2.19. The van der Waals surface area contributed by atoms with Crippen LogP contribution in [0.15, 0.2) is 24.3 Å². The first-order chi connectivity index (χ1) is 9.43. The van der Waals surface area contributed by atoms with Crippen LogP contribution in [0.4, 0.5) is 0 Å². The quantitative estimate of drug-likeness (QED) is 0.411. The summed E-state index contributed by atoms with van der Waals surface area (Å²) >= 11 is 0. The zero-order chi connectivity index (χ0) is 14.9. The Bertz CT molecular complexity index is 472. The fourth-order valence-electron chi connectivity index (χ4n) is 2.19. The van der Waals surface area contributed by atoms with E-state index in [0.717, 1.165) is 0 Å². The van der Waals surface area contributed by atoms with E-state index in [9.17, 15) is 25.2 Å². The molecule has 0 aromatic heterocycles. The molecule has 1 saturated heterocycles. The maximum Gasteiger partial charge on any atom is 0.222 e. The first kappa shape index (κ1) is 15.0. The van der Waals surface area contributed by atoms with Crippen LogP contribution in [-0.2, 0) is 10.5 Å². The van der Waals surface area contributed by atoms with Crippen molar-refractivity contribution in [2.24, 2.45) is 0 Å². The van der Waals surface area contributed by atoms with Gasteiger partial charge in [-0.15, -0.1) is 0 Å². The predicted octanol–water partition coefficient (Wildman–Crippen LogP) is -1.88. The molecule has 1 heterocycles. The van der Waals surface area contributed by atoms with E-state index in [4.69, 9.17) is 9.84 Å². The van der Waals surface area contributed by atoms with E-state index in [1.807, 2.05) is 0 Å². The summed E-state index contributed by atoms with van der Waals surface area (Å²) in [6.07, 6.45) is -5.64. The summed E-state index contributed by atoms with van der Waals surface area (Å²) in [7, 11) is 0. The highest BCUT2D eigenvalue weighted by atomic mass is 16.7. The van der Waals surface area contributed by atoms with E-state index in [1.54, 1.807) is 0 Å². The molecule has 0 saturated carbocycles. The summed E-state index contributed by atoms with van der Waals surface area (Å²) in [5, 5.41) is 48.8. The van der Waals surface area contributed by atoms with Gasteiger partial charge < -0.3 is 30.3 Å². The molecule has 7 nitrogen and oxygen atoms in total. The fraction of sp³-hybridized carbons (Fsp3) is 0.462. The Morgan fingerprint density at radius 2 is 1.75 bits per heavy atom. The Morgan fingerprint density at radius 3 is 2.25 bits per heavy atom. The topological polar surface area (TPSA) is 127 Å². The lowest BCUT2D eigenvalue weighted by molar-refractivity contribution is -0.357. The zero-order valence-corrected chi connectivity index (χ0v) is 10.5. The normalized spacial score (nSPS) is 37.6. The summed E-state index contributed by atoms with van der Waals surface area (Å²) in [6, 6.07) is 5.51. The largest absolute Gasteiger partial charge is 0.394 e. The van der Waals surface area contributed by atoms with Gasteiger partial charge in [-0.1, -0.05) is 24.3 Å². The molecule has 2 rings (SSSR count). The highest BCUT2D eigenvalue weighted by molar-refractivity contribution is 5.74. The van der Waals surface area contributed by atoms with Crippen LogP contribution in [0.1, 0.15) is 15.9 Å². The van der Waals surface area contributed by atoms with Gasteiger partial charge in [-0.3, -0.25) is 4.79 Å². The van der Waals surface area contributed by atoms with E-state index in [0.29, 0.717) is 11.8 Å². The first-order valence-corrected chi connectivity index (χ1v) is 6.05. The number of benzene rings is 1. The molecule has 1 aliphatic rings. The van der Waals surface area contributed by atoms with Crippen LogP contribution < -0.4 is 0 Å². The molecule has 0 unspecified atom stereocenters. The summed E-state index contributed by atoms with van der Waals surface area (Å²) in [6.45, 7) is -0.639. The van der Waals surface area contributed by atoms with Gasteiger partial charge in [0.25, 0.3) is 0 Å². The zero-order valence-electron chi connectivity index (χ0n) is 10.5. The van der Waals surface area contributed by atoms with Crippen molar-refractivity contribution in [3.05, 3.63) is 35.4 Å². The molecule has 1 fully saturated rings. The van der Waals surface area contributed by atoms with Gasteiger partial charge >= 0.3 is 0 Å². The van der Waals surface area contributed by atoms with Crippen molar-refractivity contribution in [1.29, 1.82) is 0 Å². The van der Waals surface area contributed by atoms with Gasteiger partial charge in [0.1, 0.15) is 30.7 Å². The van der Waals surface area contributed by atoms with Crippen molar-refractivity contribution in [3.63, 3.8) is 0 Å². The van der Waals surface area contributed by atoms with Gasteiger partial charge in [0.2, 0.25) is 5.79 Å². The number of aliphatic hydroxyl groups excluding tert-OH is 4. The second-order valence-corrected chi connectivity index (χ2v) is 4.70. The summed E-state index contributed by atoms with van der Waals surface area (Å²) in [5.74, 6) is -2.28. The molecule has 0 radical (unpaired) electrons. The minimum atomic E-state index is -2.28. The van der Waals surface area contributed by atoms with Crippen LogP contribution in [0.2, 0.25) is 0 Å². The Hall–Kier alpha value is -1.35. The van der Waals surface area contributed by atoms with Crippen molar-refractivity contribution in [3.8, 4) is 0 Å². The second-order valence-electron chi connectivity index (χ2n) is 4.70. The van der Waals surface area contributed by atoms with Crippen molar-refractivity contribution in [2.75, 3.05) is 6.61 Å². The molecule has 0 bridgehead atoms. The Balaban J connectivity index is 2.37. The minimum Gasteiger partial charge on any atom is -0.394 e. The van der Waals surface area contributed by atoms with Gasteiger partial charge in [0.05, 0.1) is 6.61 Å². The van der Waals surface area contributed by atoms with Crippen molar-refractivity contribution >= 4 is 6.29 Å². The average Bonchev–Trinajstić information content (AvgIpc) is 2.49. The molecule has 1 aromatic carbocycles. The van der Waals surface area contributed by atoms with Gasteiger partial charge in [-0.2, -0.15) is 0 Å². The molecular formula is C13H16O7. The van der Waals surface area contributed by atoms with Crippen LogP contribution >= 0.6 is 0 Å². The lowest BCUT2D eigenvalue weighted by Gasteiger charge is -2.45. The summed E-state index contributed by atoms with van der Waals surface area (Å²) in [4.78, 5) is 10.6. The maximum atomic E-state index is 10.6. The highest BCUT2D eigenvalue weighted by Gasteiger charge is 2.53. The van der Waals surface area contributed by atoms with Crippen LogP contribution in [-0.4, -0.2) is 62.8 Å². The Labute approximate surface area is 114 Å². The monoisotopic (exact) mass is 284 g/mol. The van der Waals surface area contributed by atoms with E-state index in [2.05, 4.69) is 0 Å². The number of rotatable bonds is 3. The molecule has 5 N–H and O–H groups in total. The van der Waals surface area contributed by atoms with Gasteiger partial charge in [0.15, 0.2) is 0 Å². The number of aldehydes is 1. The third-order valence-electron chi connectivity index (χ3n) is 3.43. The Kier molecular flexibility index (Phi) is 4.19. The van der Waals surface area contributed by atoms with E-state index >= 15 is 0 Å². The number of hydrogen-bond acceptors (Lipinski definition) is 7. The number of carbonyl (C=O) groups is 1. The smallest absolute Gasteiger partial charge is 0.222 e. The summed E-state index contributed by atoms with van der Waals surface area (Å²) < 4.78 is 5.13. The van der Waals surface area contributed by atoms with E-state index < -0.39 is 36.8 Å². The minimum absolute atomic E-state index is 0.0972. The van der Waals surface area contributed by atoms with Crippen LogP contribution in [0.3, 0.4) is 0 Å². The molecule has 0 amide bonds. The molecule has 5 atom stereocenters. The lowest BCUT2D eigenvalue weighted by Crippen LogP contribution is -2.63. The maximum absolute atomic E-state index is 10.6. The van der Waals surface area contributed by atoms with Crippen LogP contribution in [0, 0.1) is 0 Å². The molecular weight excluding hydrogens is 268 g/mol. The highest BCUT2D eigenvalue weighted by Crippen LogP contribution is 2.36. The van der Waals surface area contributed by atoms with Crippen molar-refractivity contribution in [2.45, 2.75) is 30.2 Å². The van der Waals surface area contributed by atoms with E-state index in [-0.39, 0.29) is 5.56 Å². The predicted molar refractivity (Wildman–Crippen MR) is 65.7 cm³/mol. The standard InChI is InChI=1S/C13H16O7/c14-5-7-1-3-8(4-2-7)13(19)12(18)11(17)10(16)9(6-15)20-13/h1-5,9-12,15-19H,6H2/t9-,10-,11-,12-,13-/m1/s1. The van der Waals surface area contributed by atoms with Crippen molar-refractivity contribution < 1.29 is 35.1 Å². The molecule has 7 heteroatoms. The van der Waals surface area contributed by atoms with Gasteiger partial charge in [-0.25, -0.2) is 0 Å². The molecule has 110 valence electrons. The molecule has 1 aromatic rings. The van der Waals surface area contributed by atoms with Crippen LogP contribution in [0.5, 0.6) is 0 Å². The Morgan fingerprint density at radius 1 is 1.15 bits per heavy atom. The third kappa shape index (κ3) is 2.35.